The van der Waals surface area contributed by atoms with Gasteiger partial charge in [0.05, 0.1) is 5.25 Å². The van der Waals surface area contributed by atoms with Crippen LogP contribution in [0.25, 0.3) is 0 Å². The van der Waals surface area contributed by atoms with Crippen molar-refractivity contribution in [3.05, 3.63) is 11.6 Å². The number of ketones is 1. The molecule has 0 heterocycles. The molecule has 0 aliphatic heterocycles. The number of hydrogen-bond donors (Lipinski definition) is 0. The molecule has 0 unspecified atom stereocenters. The third-order valence-electron chi connectivity index (χ3n) is 2.86. The molecule has 0 N–H and O–H groups in total. The zero-order chi connectivity index (χ0) is 13.4. The van der Waals surface area contributed by atoms with E-state index in [1.54, 1.807) is 6.92 Å². The molecule has 0 amide bonds. The zero-order valence-electron chi connectivity index (χ0n) is 9.41. The second-order valence-corrected chi connectivity index (χ2v) is 6.59. The van der Waals surface area contributed by atoms with Crippen LogP contribution in [0.4, 0.5) is 13.2 Å². The number of alkyl halides is 3. The van der Waals surface area contributed by atoms with Crippen LogP contribution < -0.4 is 0 Å². The fraction of sp³-hybridized carbons (Fsp3) is 0.700. The van der Waals surface area contributed by atoms with Gasteiger partial charge >= 0.3 is 6.18 Å². The summed E-state index contributed by atoms with van der Waals surface area (Å²) in [7, 11) is -3.67. The van der Waals surface area contributed by atoms with Gasteiger partial charge in [0.25, 0.3) is 0 Å². The van der Waals surface area contributed by atoms with E-state index in [9.17, 15) is 26.4 Å². The highest BCUT2D eigenvalue weighted by molar-refractivity contribution is 7.91. The van der Waals surface area contributed by atoms with Crippen molar-refractivity contribution in [3.63, 3.8) is 0 Å². The van der Waals surface area contributed by atoms with E-state index >= 15 is 0 Å². The number of carbonyl (C=O) groups is 1. The molecule has 3 nitrogen and oxygen atoms in total. The Morgan fingerprint density at radius 1 is 1.41 bits per heavy atom. The summed E-state index contributed by atoms with van der Waals surface area (Å²) in [5.74, 6) is -3.45. The van der Waals surface area contributed by atoms with Crippen molar-refractivity contribution >= 4 is 15.6 Å². The molecule has 2 atom stereocenters. The summed E-state index contributed by atoms with van der Waals surface area (Å²) in [6.07, 6.45) is -2.79. The van der Waals surface area contributed by atoms with Crippen LogP contribution >= 0.6 is 0 Å². The maximum atomic E-state index is 12.3. The lowest BCUT2D eigenvalue weighted by Crippen LogP contribution is -2.42. The number of sulfone groups is 1. The molecule has 0 fully saturated rings. The van der Waals surface area contributed by atoms with Gasteiger partial charge in [0.1, 0.15) is 0 Å². The molecule has 17 heavy (non-hydrogen) atoms. The Morgan fingerprint density at radius 3 is 2.35 bits per heavy atom. The SMILES string of the molecule is CC1=CC[C@@H](C(=O)C(F)(F)F)[C@H](S(C)(=O)=O)C1. The second-order valence-electron chi connectivity index (χ2n) is 4.33. The van der Waals surface area contributed by atoms with Crippen molar-refractivity contribution in [2.45, 2.75) is 31.2 Å². The molecule has 0 aromatic rings. The van der Waals surface area contributed by atoms with Gasteiger partial charge in [-0.1, -0.05) is 11.6 Å². The van der Waals surface area contributed by atoms with Gasteiger partial charge in [0.15, 0.2) is 9.84 Å². The van der Waals surface area contributed by atoms with Gasteiger partial charge in [0.2, 0.25) is 5.78 Å². The van der Waals surface area contributed by atoms with Crippen LogP contribution in [0, 0.1) is 5.92 Å². The lowest BCUT2D eigenvalue weighted by molar-refractivity contribution is -0.175. The molecule has 0 bridgehead atoms. The number of carbonyl (C=O) groups excluding carboxylic acids is 1. The summed E-state index contributed by atoms with van der Waals surface area (Å²) in [4.78, 5) is 11.2. The molecule has 1 rings (SSSR count). The highest BCUT2D eigenvalue weighted by Crippen LogP contribution is 2.34. The minimum absolute atomic E-state index is 0.00861. The molecule has 0 aromatic carbocycles. The Bertz CT molecular complexity index is 448. The zero-order valence-corrected chi connectivity index (χ0v) is 10.2. The maximum Gasteiger partial charge on any atom is 0.450 e. The van der Waals surface area contributed by atoms with Gasteiger partial charge in [-0.2, -0.15) is 13.2 Å². The van der Waals surface area contributed by atoms with Gasteiger partial charge in [-0.3, -0.25) is 4.79 Å². The van der Waals surface area contributed by atoms with Crippen LogP contribution in [0.5, 0.6) is 0 Å². The Balaban J connectivity index is 3.09. The monoisotopic (exact) mass is 270 g/mol. The highest BCUT2D eigenvalue weighted by Gasteiger charge is 2.48. The van der Waals surface area contributed by atoms with Crippen molar-refractivity contribution in [1.29, 1.82) is 0 Å². The van der Waals surface area contributed by atoms with Crippen LogP contribution in [0.15, 0.2) is 11.6 Å². The number of rotatable bonds is 2. The first-order valence-electron chi connectivity index (χ1n) is 4.99. The predicted molar refractivity (Wildman–Crippen MR) is 56.2 cm³/mol. The number of halogens is 3. The highest BCUT2D eigenvalue weighted by atomic mass is 32.2. The van der Waals surface area contributed by atoms with Crippen LogP contribution in [0.3, 0.4) is 0 Å². The molecular formula is C10H13F3O3S. The van der Waals surface area contributed by atoms with E-state index in [-0.39, 0.29) is 12.8 Å². The van der Waals surface area contributed by atoms with Crippen LogP contribution in [-0.4, -0.2) is 31.9 Å². The third kappa shape index (κ3) is 3.31. The fourth-order valence-corrected chi connectivity index (χ4v) is 3.36. The van der Waals surface area contributed by atoms with Gasteiger partial charge in [-0.25, -0.2) is 8.42 Å². The lowest BCUT2D eigenvalue weighted by Gasteiger charge is -2.28. The standard InChI is InChI=1S/C10H13F3O3S/c1-6-3-4-7(9(14)10(11,12)13)8(5-6)17(2,15)16/h3,7-8H,4-5H2,1-2H3/t7-,8-/m1/s1. The Labute approximate surface area is 97.6 Å². The summed E-state index contributed by atoms with van der Waals surface area (Å²) in [5, 5.41) is -1.26. The topological polar surface area (TPSA) is 51.2 Å². The van der Waals surface area contributed by atoms with Crippen LogP contribution in [0.2, 0.25) is 0 Å². The van der Waals surface area contributed by atoms with Gasteiger partial charge in [0, 0.05) is 12.2 Å². The normalized spacial score (nSPS) is 26.5. The largest absolute Gasteiger partial charge is 0.450 e. The number of Topliss-reactive ketones (excluding diaryl/α,β-unsaturated/α-hetero) is 1. The second kappa shape index (κ2) is 4.44. The fourth-order valence-electron chi connectivity index (χ4n) is 1.96. The quantitative estimate of drug-likeness (QED) is 0.720. The molecule has 1 aliphatic carbocycles. The maximum absolute atomic E-state index is 12.3. The van der Waals surface area contributed by atoms with E-state index in [2.05, 4.69) is 0 Å². The average molecular weight is 270 g/mol. The molecule has 1 aliphatic rings. The van der Waals surface area contributed by atoms with Crippen molar-refractivity contribution in [2.24, 2.45) is 5.92 Å². The van der Waals surface area contributed by atoms with Crippen molar-refractivity contribution in [1.82, 2.24) is 0 Å². The Kier molecular flexibility index (Phi) is 3.71. The first kappa shape index (κ1) is 14.2. The van der Waals surface area contributed by atoms with E-state index in [1.807, 2.05) is 0 Å². The van der Waals surface area contributed by atoms with E-state index in [0.29, 0.717) is 5.57 Å². The minimum atomic E-state index is -4.98. The summed E-state index contributed by atoms with van der Waals surface area (Å²) in [6, 6.07) is 0. The van der Waals surface area contributed by atoms with Crippen molar-refractivity contribution in [3.8, 4) is 0 Å². The minimum Gasteiger partial charge on any atom is -0.289 e. The summed E-state index contributed by atoms with van der Waals surface area (Å²) < 4.78 is 59.8. The summed E-state index contributed by atoms with van der Waals surface area (Å²) in [5.41, 5.74) is 0.701. The molecule has 0 spiro atoms. The van der Waals surface area contributed by atoms with Gasteiger partial charge in [-0.05, 0) is 19.8 Å². The average Bonchev–Trinajstić information content (AvgIpc) is 2.14. The number of allylic oxidation sites excluding steroid dienone is 2. The molecule has 0 saturated heterocycles. The van der Waals surface area contributed by atoms with Crippen molar-refractivity contribution in [2.75, 3.05) is 6.26 Å². The van der Waals surface area contributed by atoms with Crippen LogP contribution in [-0.2, 0) is 14.6 Å². The Hall–Kier alpha value is -0.850. The Morgan fingerprint density at radius 2 is 1.94 bits per heavy atom. The molecule has 0 radical (unpaired) electrons. The summed E-state index contributed by atoms with van der Waals surface area (Å²) >= 11 is 0. The molecular weight excluding hydrogens is 257 g/mol. The van der Waals surface area contributed by atoms with E-state index in [4.69, 9.17) is 0 Å². The van der Waals surface area contributed by atoms with E-state index < -0.39 is 33.0 Å². The van der Waals surface area contributed by atoms with Crippen LogP contribution in [0.1, 0.15) is 19.8 Å². The summed E-state index contributed by atoms with van der Waals surface area (Å²) in [6.45, 7) is 1.65. The first-order valence-corrected chi connectivity index (χ1v) is 6.94. The van der Waals surface area contributed by atoms with Gasteiger partial charge in [-0.15, -0.1) is 0 Å². The third-order valence-corrected chi connectivity index (χ3v) is 4.45. The first-order chi connectivity index (χ1) is 7.53. The smallest absolute Gasteiger partial charge is 0.289 e. The predicted octanol–water partition coefficient (Wildman–Crippen LogP) is 1.89. The van der Waals surface area contributed by atoms with Gasteiger partial charge < -0.3 is 0 Å². The van der Waals surface area contributed by atoms with Crippen molar-refractivity contribution < 1.29 is 26.4 Å². The van der Waals surface area contributed by atoms with E-state index in [1.165, 1.54) is 6.08 Å². The molecule has 98 valence electrons. The van der Waals surface area contributed by atoms with E-state index in [0.717, 1.165) is 6.26 Å². The molecule has 0 saturated carbocycles. The number of hydrogen-bond acceptors (Lipinski definition) is 3. The molecule has 7 heteroatoms. The molecule has 0 aromatic heterocycles. The lowest BCUT2D eigenvalue weighted by atomic mass is 9.86.